The molecule has 3 aromatic rings. The van der Waals surface area contributed by atoms with Crippen LogP contribution in [0.4, 0.5) is 0 Å². The summed E-state index contributed by atoms with van der Waals surface area (Å²) in [4.78, 5) is 37.5. The van der Waals surface area contributed by atoms with Crippen LogP contribution in [0.2, 0.25) is 0 Å². The summed E-state index contributed by atoms with van der Waals surface area (Å²) in [6.45, 7) is 3.99. The molecule has 0 bridgehead atoms. The number of methoxy groups -OCH3 is 1. The van der Waals surface area contributed by atoms with Crippen LogP contribution in [0.3, 0.4) is 0 Å². The minimum absolute atomic E-state index is 0.257. The number of hydrogen-bond acceptors (Lipinski definition) is 5. The lowest BCUT2D eigenvalue weighted by molar-refractivity contribution is -0.122. The van der Waals surface area contributed by atoms with Gasteiger partial charge in [-0.15, -0.1) is 0 Å². The van der Waals surface area contributed by atoms with Gasteiger partial charge in [0, 0.05) is 18.1 Å². The van der Waals surface area contributed by atoms with Crippen molar-refractivity contribution in [2.45, 2.75) is 26.4 Å². The van der Waals surface area contributed by atoms with Crippen molar-refractivity contribution in [3.63, 3.8) is 0 Å². The molecule has 0 fully saturated rings. The van der Waals surface area contributed by atoms with E-state index in [1.54, 1.807) is 31.4 Å². The maximum absolute atomic E-state index is 12.5. The Bertz CT molecular complexity index is 1160. The first-order valence-electron chi connectivity index (χ1n) is 9.91. The summed E-state index contributed by atoms with van der Waals surface area (Å²) in [7, 11) is 1.57. The molecule has 1 N–H and O–H groups in total. The van der Waals surface area contributed by atoms with E-state index >= 15 is 0 Å². The van der Waals surface area contributed by atoms with Gasteiger partial charge < -0.3 is 14.8 Å². The Kier molecular flexibility index (Phi) is 6.92. The molecule has 8 heteroatoms. The molecule has 1 amide bonds. The van der Waals surface area contributed by atoms with Gasteiger partial charge in [0.25, 0.3) is 0 Å². The minimum Gasteiger partial charge on any atom is -0.497 e. The SMILES string of the molecule is CCOc1ccc(-n2ccn(CC(=O)N[C@H](C)c3cccc(OC)c3)c(=O)c2=O)cc1. The molecule has 0 aliphatic rings. The van der Waals surface area contributed by atoms with Gasteiger partial charge >= 0.3 is 11.1 Å². The third-order valence-electron chi connectivity index (χ3n) is 4.77. The summed E-state index contributed by atoms with van der Waals surface area (Å²) in [6, 6.07) is 13.9. The molecule has 1 atom stereocenters. The molecule has 0 aliphatic heterocycles. The molecule has 0 aliphatic carbocycles. The maximum atomic E-state index is 12.5. The van der Waals surface area contributed by atoms with Crippen LogP contribution in [-0.4, -0.2) is 28.8 Å². The number of benzene rings is 2. The van der Waals surface area contributed by atoms with Gasteiger partial charge in [-0.1, -0.05) is 12.1 Å². The zero-order chi connectivity index (χ0) is 22.4. The molecular weight excluding hydrogens is 398 g/mol. The zero-order valence-electron chi connectivity index (χ0n) is 17.7. The largest absolute Gasteiger partial charge is 0.497 e. The standard InChI is InChI=1S/C23H25N3O5/c1-4-31-19-10-8-18(9-11-19)26-13-12-25(22(28)23(26)29)15-21(27)24-16(2)17-6-5-7-20(14-17)30-3/h5-14,16H,4,15H2,1-3H3,(H,24,27)/t16-/m1/s1. The van der Waals surface area contributed by atoms with Gasteiger partial charge in [0.05, 0.1) is 19.8 Å². The lowest BCUT2D eigenvalue weighted by Crippen LogP contribution is -2.42. The maximum Gasteiger partial charge on any atom is 0.320 e. The first kappa shape index (κ1) is 21.9. The first-order valence-corrected chi connectivity index (χ1v) is 9.91. The Balaban J connectivity index is 1.73. The van der Waals surface area contributed by atoms with E-state index in [2.05, 4.69) is 5.32 Å². The second kappa shape index (κ2) is 9.80. The molecule has 0 radical (unpaired) electrons. The molecule has 8 nitrogen and oxygen atoms in total. The van der Waals surface area contributed by atoms with E-state index in [-0.39, 0.29) is 18.5 Å². The Labute approximate surface area is 179 Å². The van der Waals surface area contributed by atoms with Gasteiger partial charge in [0.1, 0.15) is 18.0 Å². The van der Waals surface area contributed by atoms with Crippen molar-refractivity contribution in [3.05, 3.63) is 87.2 Å². The van der Waals surface area contributed by atoms with Crippen molar-refractivity contribution in [1.29, 1.82) is 0 Å². The van der Waals surface area contributed by atoms with E-state index in [1.807, 2.05) is 38.1 Å². The highest BCUT2D eigenvalue weighted by atomic mass is 16.5. The molecule has 0 spiro atoms. The average molecular weight is 423 g/mol. The molecule has 1 aromatic heterocycles. The Morgan fingerprint density at radius 2 is 1.77 bits per heavy atom. The first-order chi connectivity index (χ1) is 14.9. The van der Waals surface area contributed by atoms with Crippen LogP contribution in [-0.2, 0) is 11.3 Å². The molecule has 0 saturated carbocycles. The van der Waals surface area contributed by atoms with Crippen molar-refractivity contribution < 1.29 is 14.3 Å². The van der Waals surface area contributed by atoms with Crippen LogP contribution in [0.5, 0.6) is 11.5 Å². The summed E-state index contributed by atoms with van der Waals surface area (Å²) in [5.74, 6) is 0.984. The highest BCUT2D eigenvalue weighted by Gasteiger charge is 2.13. The van der Waals surface area contributed by atoms with Crippen molar-refractivity contribution in [3.8, 4) is 17.2 Å². The van der Waals surface area contributed by atoms with Crippen LogP contribution < -0.4 is 25.9 Å². The van der Waals surface area contributed by atoms with E-state index < -0.39 is 11.1 Å². The number of nitrogens with one attached hydrogen (secondary N) is 1. The van der Waals surface area contributed by atoms with Gasteiger partial charge in [-0.2, -0.15) is 0 Å². The van der Waals surface area contributed by atoms with Crippen LogP contribution >= 0.6 is 0 Å². The number of carbonyl (C=O) groups excluding carboxylic acids is 1. The molecule has 3 rings (SSSR count). The Hall–Kier alpha value is -3.81. The predicted octanol–water partition coefficient (Wildman–Crippen LogP) is 2.28. The van der Waals surface area contributed by atoms with Gasteiger partial charge in [-0.25, -0.2) is 0 Å². The van der Waals surface area contributed by atoms with E-state index in [0.29, 0.717) is 23.8 Å². The number of amides is 1. The third kappa shape index (κ3) is 5.22. The molecule has 0 unspecified atom stereocenters. The fraction of sp³-hybridized carbons (Fsp3) is 0.261. The van der Waals surface area contributed by atoms with Crippen molar-refractivity contribution in [1.82, 2.24) is 14.5 Å². The van der Waals surface area contributed by atoms with Crippen molar-refractivity contribution in [2.75, 3.05) is 13.7 Å². The van der Waals surface area contributed by atoms with Crippen LogP contribution in [0.25, 0.3) is 5.69 Å². The van der Waals surface area contributed by atoms with Crippen LogP contribution in [0.15, 0.2) is 70.5 Å². The van der Waals surface area contributed by atoms with Gasteiger partial charge in [0.15, 0.2) is 0 Å². The Morgan fingerprint density at radius 3 is 2.45 bits per heavy atom. The fourth-order valence-electron chi connectivity index (χ4n) is 3.14. The van der Waals surface area contributed by atoms with Gasteiger partial charge in [-0.05, 0) is 55.8 Å². The molecule has 0 saturated heterocycles. The summed E-state index contributed by atoms with van der Waals surface area (Å²) in [5.41, 5.74) is -0.111. The number of rotatable bonds is 8. The number of aromatic nitrogens is 2. The van der Waals surface area contributed by atoms with E-state index in [9.17, 15) is 14.4 Å². The van der Waals surface area contributed by atoms with E-state index in [0.717, 1.165) is 10.1 Å². The highest BCUT2D eigenvalue weighted by Crippen LogP contribution is 2.18. The lowest BCUT2D eigenvalue weighted by atomic mass is 10.1. The van der Waals surface area contributed by atoms with Crippen molar-refractivity contribution >= 4 is 5.91 Å². The molecule has 1 heterocycles. The number of ether oxygens (including phenoxy) is 2. The lowest BCUT2D eigenvalue weighted by Gasteiger charge is -2.16. The molecule has 2 aromatic carbocycles. The minimum atomic E-state index is -0.777. The number of hydrogen-bond donors (Lipinski definition) is 1. The summed E-state index contributed by atoms with van der Waals surface area (Å²) in [6.07, 6.45) is 2.90. The average Bonchev–Trinajstić information content (AvgIpc) is 2.78. The third-order valence-corrected chi connectivity index (χ3v) is 4.77. The quantitative estimate of drug-likeness (QED) is 0.562. The van der Waals surface area contributed by atoms with Crippen LogP contribution in [0, 0.1) is 0 Å². The Morgan fingerprint density at radius 1 is 1.03 bits per heavy atom. The molecule has 162 valence electrons. The van der Waals surface area contributed by atoms with E-state index in [1.165, 1.54) is 17.0 Å². The summed E-state index contributed by atoms with van der Waals surface area (Å²) >= 11 is 0. The fourth-order valence-corrected chi connectivity index (χ4v) is 3.14. The predicted molar refractivity (Wildman–Crippen MR) is 117 cm³/mol. The molecular formula is C23H25N3O5. The van der Waals surface area contributed by atoms with E-state index in [4.69, 9.17) is 9.47 Å². The second-order valence-electron chi connectivity index (χ2n) is 6.90. The van der Waals surface area contributed by atoms with Gasteiger partial charge in [0.2, 0.25) is 5.91 Å². The highest BCUT2D eigenvalue weighted by molar-refractivity contribution is 5.76. The normalized spacial score (nSPS) is 11.6. The monoisotopic (exact) mass is 423 g/mol. The second-order valence-corrected chi connectivity index (χ2v) is 6.90. The van der Waals surface area contributed by atoms with Gasteiger partial charge in [-0.3, -0.25) is 23.5 Å². The van der Waals surface area contributed by atoms with Crippen molar-refractivity contribution in [2.24, 2.45) is 0 Å². The number of nitrogens with zero attached hydrogens (tertiary/aromatic N) is 2. The number of carbonyl (C=O) groups is 1. The molecule has 31 heavy (non-hydrogen) atoms. The van der Waals surface area contributed by atoms with Crippen LogP contribution in [0.1, 0.15) is 25.5 Å². The summed E-state index contributed by atoms with van der Waals surface area (Å²) in [5, 5.41) is 2.83. The smallest absolute Gasteiger partial charge is 0.320 e. The topological polar surface area (TPSA) is 91.6 Å². The summed E-state index contributed by atoms with van der Waals surface area (Å²) < 4.78 is 12.9. The zero-order valence-corrected chi connectivity index (χ0v) is 17.7.